The molecule has 94 valence electrons. The third-order valence-corrected chi connectivity index (χ3v) is 2.76. The number of hydrogen-bond acceptors (Lipinski definition) is 4. The van der Waals surface area contributed by atoms with Crippen LogP contribution >= 0.6 is 0 Å². The molecular weight excluding hydrogens is 232 g/mol. The third-order valence-electron chi connectivity index (χ3n) is 2.76. The van der Waals surface area contributed by atoms with Gasteiger partial charge in [0.05, 0.1) is 17.8 Å². The molecule has 0 saturated carbocycles. The number of aryl methyl sites for hydroxylation is 2. The van der Waals surface area contributed by atoms with Crippen molar-refractivity contribution < 1.29 is 14.3 Å². The van der Waals surface area contributed by atoms with Gasteiger partial charge in [-0.2, -0.15) is 5.10 Å². The lowest BCUT2D eigenvalue weighted by Gasteiger charge is -2.01. The quantitative estimate of drug-likeness (QED) is 0.469. The summed E-state index contributed by atoms with van der Waals surface area (Å²) < 4.78 is 6.44. The van der Waals surface area contributed by atoms with Crippen LogP contribution in [0.1, 0.15) is 23.0 Å². The van der Waals surface area contributed by atoms with Gasteiger partial charge in [-0.05, 0) is 32.0 Å². The van der Waals surface area contributed by atoms with Gasteiger partial charge in [-0.1, -0.05) is 0 Å². The summed E-state index contributed by atoms with van der Waals surface area (Å²) in [5, 5.41) is 5.13. The van der Waals surface area contributed by atoms with Crippen molar-refractivity contribution in [2.45, 2.75) is 13.8 Å². The second kappa shape index (κ2) is 4.60. The van der Waals surface area contributed by atoms with Crippen LogP contribution in [0.5, 0.6) is 0 Å². The SMILES string of the molecule is CCOC(=O)C(=O)c1ccc2c(c1)c(C)nn2C. The summed E-state index contributed by atoms with van der Waals surface area (Å²) in [5.74, 6) is -1.44. The smallest absolute Gasteiger partial charge is 0.379 e. The van der Waals surface area contributed by atoms with Gasteiger partial charge in [-0.25, -0.2) is 4.79 Å². The monoisotopic (exact) mass is 246 g/mol. The molecule has 2 aromatic rings. The fourth-order valence-corrected chi connectivity index (χ4v) is 1.90. The summed E-state index contributed by atoms with van der Waals surface area (Å²) in [7, 11) is 1.84. The van der Waals surface area contributed by atoms with Gasteiger partial charge in [-0.15, -0.1) is 0 Å². The van der Waals surface area contributed by atoms with Crippen LogP contribution in [0.3, 0.4) is 0 Å². The number of esters is 1. The fraction of sp³-hybridized carbons (Fsp3) is 0.308. The Morgan fingerprint density at radius 1 is 1.39 bits per heavy atom. The number of ether oxygens (including phenoxy) is 1. The maximum Gasteiger partial charge on any atom is 0.379 e. The lowest BCUT2D eigenvalue weighted by Crippen LogP contribution is -2.17. The van der Waals surface area contributed by atoms with Gasteiger partial charge >= 0.3 is 5.97 Å². The first-order valence-electron chi connectivity index (χ1n) is 5.69. The molecule has 0 radical (unpaired) electrons. The number of Topliss-reactive ketones (excluding diaryl/α,β-unsaturated/α-hetero) is 1. The van der Waals surface area contributed by atoms with Crippen LogP contribution in [0.25, 0.3) is 10.9 Å². The average molecular weight is 246 g/mol. The highest BCUT2D eigenvalue weighted by atomic mass is 16.5. The zero-order valence-electron chi connectivity index (χ0n) is 10.6. The zero-order chi connectivity index (χ0) is 13.3. The molecule has 1 aromatic carbocycles. The van der Waals surface area contributed by atoms with Gasteiger partial charge in [-0.3, -0.25) is 9.48 Å². The van der Waals surface area contributed by atoms with Crippen LogP contribution in [-0.2, 0) is 16.6 Å². The largest absolute Gasteiger partial charge is 0.460 e. The summed E-state index contributed by atoms with van der Waals surface area (Å²) in [6, 6.07) is 5.07. The van der Waals surface area contributed by atoms with E-state index in [0.717, 1.165) is 16.6 Å². The zero-order valence-corrected chi connectivity index (χ0v) is 10.6. The Labute approximate surface area is 104 Å². The molecule has 0 aliphatic heterocycles. The van der Waals surface area contributed by atoms with Gasteiger partial charge in [0.1, 0.15) is 0 Å². The summed E-state index contributed by atoms with van der Waals surface area (Å²) in [4.78, 5) is 23.2. The number of aromatic nitrogens is 2. The second-order valence-electron chi connectivity index (χ2n) is 3.99. The molecule has 18 heavy (non-hydrogen) atoms. The minimum absolute atomic E-state index is 0.193. The molecule has 0 saturated heterocycles. The Morgan fingerprint density at radius 3 is 2.78 bits per heavy atom. The molecular formula is C13H14N2O3. The van der Waals surface area contributed by atoms with Crippen molar-refractivity contribution >= 4 is 22.7 Å². The van der Waals surface area contributed by atoms with Crippen LogP contribution in [-0.4, -0.2) is 28.1 Å². The van der Waals surface area contributed by atoms with Crippen molar-refractivity contribution in [2.75, 3.05) is 6.61 Å². The van der Waals surface area contributed by atoms with E-state index in [2.05, 4.69) is 5.10 Å². The number of fused-ring (bicyclic) bond motifs is 1. The lowest BCUT2D eigenvalue weighted by molar-refractivity contribution is -0.137. The first-order valence-corrected chi connectivity index (χ1v) is 5.69. The van der Waals surface area contributed by atoms with Crippen LogP contribution in [0, 0.1) is 6.92 Å². The normalized spacial score (nSPS) is 10.6. The van der Waals surface area contributed by atoms with Crippen molar-refractivity contribution in [3.63, 3.8) is 0 Å². The van der Waals surface area contributed by atoms with Gasteiger partial charge in [0.2, 0.25) is 0 Å². The number of rotatable bonds is 3. The molecule has 5 nitrogen and oxygen atoms in total. The predicted octanol–water partition coefficient (Wildman–Crippen LogP) is 1.63. The van der Waals surface area contributed by atoms with Gasteiger partial charge in [0.25, 0.3) is 5.78 Å². The van der Waals surface area contributed by atoms with E-state index in [4.69, 9.17) is 4.74 Å². The Balaban J connectivity index is 2.44. The lowest BCUT2D eigenvalue weighted by atomic mass is 10.1. The van der Waals surface area contributed by atoms with Crippen LogP contribution in [0.15, 0.2) is 18.2 Å². The number of ketones is 1. The fourth-order valence-electron chi connectivity index (χ4n) is 1.90. The molecule has 0 spiro atoms. The van der Waals surface area contributed by atoms with E-state index < -0.39 is 11.8 Å². The van der Waals surface area contributed by atoms with E-state index in [1.54, 1.807) is 29.8 Å². The van der Waals surface area contributed by atoms with Crippen LogP contribution in [0.2, 0.25) is 0 Å². The summed E-state index contributed by atoms with van der Waals surface area (Å²) in [5.41, 5.74) is 2.08. The minimum atomic E-state index is -0.821. The van der Waals surface area contributed by atoms with Crippen LogP contribution in [0.4, 0.5) is 0 Å². The van der Waals surface area contributed by atoms with Crippen LogP contribution < -0.4 is 0 Å². The maximum atomic E-state index is 11.8. The highest BCUT2D eigenvalue weighted by molar-refractivity contribution is 6.40. The Bertz CT molecular complexity index is 628. The van der Waals surface area contributed by atoms with Crippen molar-refractivity contribution in [2.24, 2.45) is 7.05 Å². The van der Waals surface area contributed by atoms with Crippen molar-refractivity contribution in [3.05, 3.63) is 29.5 Å². The number of nitrogens with zero attached hydrogens (tertiary/aromatic N) is 2. The molecule has 0 aliphatic rings. The maximum absolute atomic E-state index is 11.8. The van der Waals surface area contributed by atoms with E-state index in [-0.39, 0.29) is 6.61 Å². The van der Waals surface area contributed by atoms with Crippen molar-refractivity contribution in [1.29, 1.82) is 0 Å². The number of carbonyl (C=O) groups excluding carboxylic acids is 2. The van der Waals surface area contributed by atoms with E-state index in [1.165, 1.54) is 0 Å². The number of carbonyl (C=O) groups is 2. The van der Waals surface area contributed by atoms with E-state index in [0.29, 0.717) is 5.56 Å². The average Bonchev–Trinajstić information content (AvgIpc) is 2.64. The van der Waals surface area contributed by atoms with E-state index >= 15 is 0 Å². The molecule has 0 N–H and O–H groups in total. The first kappa shape index (κ1) is 12.3. The van der Waals surface area contributed by atoms with Crippen molar-refractivity contribution in [3.8, 4) is 0 Å². The second-order valence-corrected chi connectivity index (χ2v) is 3.99. The predicted molar refractivity (Wildman–Crippen MR) is 66.4 cm³/mol. The highest BCUT2D eigenvalue weighted by Gasteiger charge is 2.18. The number of hydrogen-bond donors (Lipinski definition) is 0. The Morgan fingerprint density at radius 2 is 2.11 bits per heavy atom. The molecule has 2 rings (SSSR count). The molecule has 5 heteroatoms. The topological polar surface area (TPSA) is 61.2 Å². The molecule has 0 atom stereocenters. The van der Waals surface area contributed by atoms with Gasteiger partial charge in [0.15, 0.2) is 0 Å². The third kappa shape index (κ3) is 1.99. The summed E-state index contributed by atoms with van der Waals surface area (Å²) in [6.45, 7) is 3.72. The molecule has 0 fully saturated rings. The minimum Gasteiger partial charge on any atom is -0.460 e. The molecule has 0 bridgehead atoms. The molecule has 0 aliphatic carbocycles. The number of benzene rings is 1. The van der Waals surface area contributed by atoms with E-state index in [1.807, 2.05) is 14.0 Å². The molecule has 1 aromatic heterocycles. The van der Waals surface area contributed by atoms with Crippen molar-refractivity contribution in [1.82, 2.24) is 9.78 Å². The van der Waals surface area contributed by atoms with Gasteiger partial charge in [0, 0.05) is 18.0 Å². The summed E-state index contributed by atoms with van der Waals surface area (Å²) in [6.07, 6.45) is 0. The Kier molecular flexibility index (Phi) is 3.14. The Hall–Kier alpha value is -2.17. The van der Waals surface area contributed by atoms with E-state index in [9.17, 15) is 9.59 Å². The molecule has 0 unspecified atom stereocenters. The standard InChI is InChI=1S/C13H14N2O3/c1-4-18-13(17)12(16)9-5-6-11-10(7-9)8(2)14-15(11)3/h5-7H,4H2,1-3H3. The first-order chi connectivity index (χ1) is 8.54. The molecule has 1 heterocycles. The summed E-state index contributed by atoms with van der Waals surface area (Å²) >= 11 is 0. The molecule has 0 amide bonds. The highest BCUT2D eigenvalue weighted by Crippen LogP contribution is 2.19. The van der Waals surface area contributed by atoms with Gasteiger partial charge < -0.3 is 4.74 Å².